The summed E-state index contributed by atoms with van der Waals surface area (Å²) in [4.78, 5) is 35.0. The van der Waals surface area contributed by atoms with E-state index in [0.29, 0.717) is 0 Å². The van der Waals surface area contributed by atoms with E-state index in [2.05, 4.69) is 10.6 Å². The van der Waals surface area contributed by atoms with Gasteiger partial charge in [0.25, 0.3) is 5.69 Å². The third-order valence-electron chi connectivity index (χ3n) is 4.36. The third kappa shape index (κ3) is 4.47. The fourth-order valence-electron chi connectivity index (χ4n) is 2.75. The number of rotatable bonds is 6. The number of carbonyl (C=O) groups is 2. The number of hydrogen-bond acceptors (Lipinski definition) is 8. The molecule has 2 amide bonds. The molecule has 0 aliphatic carbocycles. The van der Waals surface area contributed by atoms with E-state index < -0.39 is 28.1 Å². The lowest BCUT2D eigenvalue weighted by atomic mass is 9.72. The summed E-state index contributed by atoms with van der Waals surface area (Å²) >= 11 is 0.907. The summed E-state index contributed by atoms with van der Waals surface area (Å²) in [5, 5.41) is 35.0. The first kappa shape index (κ1) is 21.7. The highest BCUT2D eigenvalue weighted by Gasteiger charge is 2.44. The maximum Gasteiger partial charge on any atom is 0.296 e. The van der Waals surface area contributed by atoms with Crippen LogP contribution in [0.5, 0.6) is 5.75 Å². The van der Waals surface area contributed by atoms with Gasteiger partial charge in [-0.25, -0.2) is 0 Å². The van der Waals surface area contributed by atoms with Crippen LogP contribution in [0.4, 0.5) is 11.4 Å². The number of methoxy groups -OCH3 is 1. The Kier molecular flexibility index (Phi) is 6.46. The molecule has 2 N–H and O–H groups in total. The molecule has 0 saturated heterocycles. The second-order valence-electron chi connectivity index (χ2n) is 6.57. The molecule has 11 heteroatoms. The van der Waals surface area contributed by atoms with E-state index >= 15 is 0 Å². The number of ether oxygens (including phenoxy) is 1. The van der Waals surface area contributed by atoms with E-state index in [1.807, 2.05) is 12.1 Å². The second kappa shape index (κ2) is 8.63. The number of hydrogen-bond donors (Lipinski definition) is 2. The van der Waals surface area contributed by atoms with Crippen LogP contribution in [0.15, 0.2) is 28.8 Å². The molecule has 1 aromatic rings. The zero-order chi connectivity index (χ0) is 21.8. The van der Waals surface area contributed by atoms with Crippen molar-refractivity contribution in [3.8, 4) is 17.9 Å². The molecule has 0 fully saturated rings. The molecule has 150 valence electrons. The van der Waals surface area contributed by atoms with E-state index in [1.165, 1.54) is 25.3 Å². The molecule has 1 heterocycles. The maximum atomic E-state index is 12.3. The van der Waals surface area contributed by atoms with Crippen LogP contribution in [-0.2, 0) is 9.59 Å². The third-order valence-corrected chi connectivity index (χ3v) is 5.36. The van der Waals surface area contributed by atoms with Crippen molar-refractivity contribution < 1.29 is 19.2 Å². The highest BCUT2D eigenvalue weighted by Crippen LogP contribution is 2.41. The van der Waals surface area contributed by atoms with Gasteiger partial charge in [-0.05, 0) is 12.1 Å². The zero-order valence-corrected chi connectivity index (χ0v) is 16.6. The van der Waals surface area contributed by atoms with Gasteiger partial charge in [-0.3, -0.25) is 19.7 Å². The molecule has 0 radical (unpaired) electrons. The van der Waals surface area contributed by atoms with Crippen LogP contribution in [0.25, 0.3) is 0 Å². The number of benzene rings is 1. The lowest BCUT2D eigenvalue weighted by Crippen LogP contribution is -2.44. The Balaban J connectivity index is 2.18. The Labute approximate surface area is 170 Å². The van der Waals surface area contributed by atoms with Gasteiger partial charge in [0.15, 0.2) is 0 Å². The molecule has 0 aromatic heterocycles. The molecule has 1 aliphatic rings. The van der Waals surface area contributed by atoms with Gasteiger partial charge in [0.2, 0.25) is 11.8 Å². The number of thioether (sulfide) groups is 1. The van der Waals surface area contributed by atoms with Gasteiger partial charge >= 0.3 is 0 Å². The molecular weight excluding hydrogens is 398 g/mol. The Morgan fingerprint density at radius 1 is 1.45 bits per heavy atom. The Bertz CT molecular complexity index is 989. The number of nitriles is 2. The Morgan fingerprint density at radius 3 is 2.69 bits per heavy atom. The molecular formula is C18H17N5O5S. The summed E-state index contributed by atoms with van der Waals surface area (Å²) < 4.78 is 4.94. The molecule has 0 spiro atoms. The molecule has 1 aromatic carbocycles. The van der Waals surface area contributed by atoms with Crippen molar-refractivity contribution in [1.29, 1.82) is 10.5 Å². The van der Waals surface area contributed by atoms with Gasteiger partial charge in [-0.2, -0.15) is 10.5 Å². The second-order valence-corrected chi connectivity index (χ2v) is 7.55. The van der Waals surface area contributed by atoms with Crippen molar-refractivity contribution in [2.24, 2.45) is 11.3 Å². The monoisotopic (exact) mass is 415 g/mol. The summed E-state index contributed by atoms with van der Waals surface area (Å²) in [6.45, 7) is 3.22. The summed E-state index contributed by atoms with van der Waals surface area (Å²) in [5.41, 5.74) is -1.16. The standard InChI is InChI=1S/C18H17N5O5S/c1-18(2)11(7-19)16(25)22-17(12(18)8-20)29-9-15(24)21-13-5-4-10(28-3)6-14(13)23(26)27/h4-6,11H,9H2,1-3H3,(H,21,24)(H,22,25)/t11-/m1/s1. The Morgan fingerprint density at radius 2 is 2.14 bits per heavy atom. The number of anilines is 1. The molecule has 0 unspecified atom stereocenters. The topological polar surface area (TPSA) is 158 Å². The Hall–Kier alpha value is -3.57. The first-order chi connectivity index (χ1) is 13.6. The number of allylic oxidation sites excluding steroid dienone is 1. The summed E-state index contributed by atoms with van der Waals surface area (Å²) in [6, 6.07) is 7.90. The first-order valence-corrected chi connectivity index (χ1v) is 9.24. The van der Waals surface area contributed by atoms with E-state index in [-0.39, 0.29) is 33.5 Å². The van der Waals surface area contributed by atoms with E-state index in [0.717, 1.165) is 11.8 Å². The van der Waals surface area contributed by atoms with Crippen molar-refractivity contribution in [2.75, 3.05) is 18.2 Å². The minimum atomic E-state index is -1.03. The average Bonchev–Trinajstić information content (AvgIpc) is 2.66. The van der Waals surface area contributed by atoms with Gasteiger partial charge < -0.3 is 15.4 Å². The van der Waals surface area contributed by atoms with Crippen molar-refractivity contribution >= 4 is 35.0 Å². The molecule has 1 atom stereocenters. The van der Waals surface area contributed by atoms with Gasteiger partial charge in [-0.1, -0.05) is 25.6 Å². The molecule has 29 heavy (non-hydrogen) atoms. The smallest absolute Gasteiger partial charge is 0.296 e. The van der Waals surface area contributed by atoms with Crippen LogP contribution in [0, 0.1) is 44.1 Å². The summed E-state index contributed by atoms with van der Waals surface area (Å²) in [5.74, 6) is -2.09. The van der Waals surface area contributed by atoms with Gasteiger partial charge in [0, 0.05) is 5.41 Å². The van der Waals surface area contributed by atoms with Crippen molar-refractivity contribution in [3.63, 3.8) is 0 Å². The van der Waals surface area contributed by atoms with Gasteiger partial charge in [-0.15, -0.1) is 0 Å². The summed E-state index contributed by atoms with van der Waals surface area (Å²) in [6.07, 6.45) is 0. The van der Waals surface area contributed by atoms with Crippen molar-refractivity contribution in [2.45, 2.75) is 13.8 Å². The molecule has 2 rings (SSSR count). The number of nitrogens with one attached hydrogen (secondary N) is 2. The predicted octanol–water partition coefficient (Wildman–Crippen LogP) is 2.31. The average molecular weight is 415 g/mol. The number of nitro benzene ring substituents is 1. The van der Waals surface area contributed by atoms with Crippen LogP contribution in [0.1, 0.15) is 13.8 Å². The highest BCUT2D eigenvalue weighted by atomic mass is 32.2. The fourth-order valence-corrected chi connectivity index (χ4v) is 3.73. The van der Waals surface area contributed by atoms with Crippen LogP contribution in [-0.4, -0.2) is 29.6 Å². The van der Waals surface area contributed by atoms with Crippen LogP contribution < -0.4 is 15.4 Å². The fraction of sp³-hybridized carbons (Fsp3) is 0.333. The van der Waals surface area contributed by atoms with E-state index in [4.69, 9.17) is 4.74 Å². The van der Waals surface area contributed by atoms with E-state index in [1.54, 1.807) is 13.8 Å². The number of nitrogens with zero attached hydrogens (tertiary/aromatic N) is 3. The lowest BCUT2D eigenvalue weighted by Gasteiger charge is -2.34. The predicted molar refractivity (Wildman–Crippen MR) is 104 cm³/mol. The molecule has 0 bridgehead atoms. The minimum Gasteiger partial charge on any atom is -0.496 e. The lowest BCUT2D eigenvalue weighted by molar-refractivity contribution is -0.384. The number of amides is 2. The largest absolute Gasteiger partial charge is 0.496 e. The minimum absolute atomic E-state index is 0.00607. The maximum absolute atomic E-state index is 12.3. The first-order valence-electron chi connectivity index (χ1n) is 8.26. The van der Waals surface area contributed by atoms with Crippen LogP contribution in [0.3, 0.4) is 0 Å². The van der Waals surface area contributed by atoms with Gasteiger partial charge in [0.1, 0.15) is 17.4 Å². The van der Waals surface area contributed by atoms with Crippen LogP contribution in [0.2, 0.25) is 0 Å². The molecule has 0 saturated carbocycles. The highest BCUT2D eigenvalue weighted by molar-refractivity contribution is 8.03. The van der Waals surface area contributed by atoms with E-state index in [9.17, 15) is 30.2 Å². The van der Waals surface area contributed by atoms with Crippen molar-refractivity contribution in [1.82, 2.24) is 5.32 Å². The zero-order valence-electron chi connectivity index (χ0n) is 15.8. The van der Waals surface area contributed by atoms with Gasteiger partial charge in [0.05, 0.1) is 46.6 Å². The van der Waals surface area contributed by atoms with Crippen LogP contribution >= 0.6 is 11.8 Å². The number of carbonyl (C=O) groups excluding carboxylic acids is 2. The quantitative estimate of drug-likeness (QED) is 0.529. The number of nitro groups is 1. The van der Waals surface area contributed by atoms with Crippen molar-refractivity contribution in [3.05, 3.63) is 38.9 Å². The SMILES string of the molecule is COc1ccc(NC(=O)CSC2=C(C#N)C(C)(C)[C@H](C#N)C(=O)N2)c([N+](=O)[O-])c1. The normalized spacial score (nSPS) is 17.6. The molecule has 10 nitrogen and oxygen atoms in total. The summed E-state index contributed by atoms with van der Waals surface area (Å²) in [7, 11) is 1.37. The molecule has 1 aliphatic heterocycles.